The van der Waals surface area contributed by atoms with E-state index in [4.69, 9.17) is 27.5 Å². The van der Waals surface area contributed by atoms with E-state index in [0.29, 0.717) is 10.8 Å². The van der Waals surface area contributed by atoms with Gasteiger partial charge in [-0.15, -0.1) is 0 Å². The Bertz CT molecular complexity index is 1250. The topological polar surface area (TPSA) is 93.1 Å². The van der Waals surface area contributed by atoms with Crippen molar-refractivity contribution in [3.05, 3.63) is 96.0 Å². The number of para-hydroxylation sites is 1. The Labute approximate surface area is 190 Å². The molecule has 0 atom stereocenters. The maximum Gasteiger partial charge on any atom is 0.246 e. The van der Waals surface area contributed by atoms with E-state index in [9.17, 15) is 4.79 Å². The average Bonchev–Trinajstić information content (AvgIpc) is 3.18. The lowest BCUT2D eigenvalue weighted by Crippen LogP contribution is -2.37. The number of nitrogens with two attached hydrogens (primary N) is 1. The fourth-order valence-electron chi connectivity index (χ4n) is 3.45. The fraction of sp³-hybridized carbons (Fsp3) is 0.0400. The molecule has 160 valence electrons. The van der Waals surface area contributed by atoms with Crippen molar-refractivity contribution in [2.24, 2.45) is 5.73 Å². The van der Waals surface area contributed by atoms with E-state index in [1.165, 1.54) is 0 Å². The highest BCUT2D eigenvalue weighted by Gasteiger charge is 2.17. The van der Waals surface area contributed by atoms with Gasteiger partial charge < -0.3 is 15.0 Å². The van der Waals surface area contributed by atoms with Crippen LogP contribution in [0.3, 0.4) is 0 Å². The van der Waals surface area contributed by atoms with E-state index in [2.05, 4.69) is 5.32 Å². The van der Waals surface area contributed by atoms with E-state index in [1.54, 1.807) is 6.07 Å². The molecule has 0 saturated carbocycles. The molecule has 0 aliphatic carbocycles. The number of hydrogen-bond acceptors (Lipinski definition) is 3. The highest BCUT2D eigenvalue weighted by molar-refractivity contribution is 6.33. The standard InChI is InChI=1S/C25H21ClN4O2/c26-21-9-5-4-8-20(21)23-15-14-22(30(23)16-24(31)29-25(27)28)17-10-12-19(13-11-17)32-18-6-2-1-3-7-18/h1-15H,16H2,(H4,27,28,29,31). The second kappa shape index (κ2) is 9.41. The van der Waals surface area contributed by atoms with Gasteiger partial charge in [-0.05, 0) is 60.2 Å². The van der Waals surface area contributed by atoms with Crippen LogP contribution in [-0.4, -0.2) is 16.4 Å². The van der Waals surface area contributed by atoms with E-state index in [0.717, 1.165) is 28.3 Å². The zero-order chi connectivity index (χ0) is 22.5. The zero-order valence-electron chi connectivity index (χ0n) is 17.1. The van der Waals surface area contributed by atoms with Crippen LogP contribution in [0.5, 0.6) is 11.5 Å². The van der Waals surface area contributed by atoms with Crippen molar-refractivity contribution in [2.45, 2.75) is 6.54 Å². The molecule has 4 rings (SSSR count). The van der Waals surface area contributed by atoms with Gasteiger partial charge in [0.15, 0.2) is 5.96 Å². The van der Waals surface area contributed by atoms with Gasteiger partial charge in [0, 0.05) is 16.3 Å². The molecule has 0 bridgehead atoms. The summed E-state index contributed by atoms with van der Waals surface area (Å²) in [7, 11) is 0. The van der Waals surface area contributed by atoms with Crippen LogP contribution in [0.1, 0.15) is 0 Å². The van der Waals surface area contributed by atoms with Crippen LogP contribution in [0.25, 0.3) is 22.5 Å². The number of hydrogen-bond donors (Lipinski definition) is 3. The largest absolute Gasteiger partial charge is 0.457 e. The maximum atomic E-state index is 12.4. The first kappa shape index (κ1) is 21.2. The van der Waals surface area contributed by atoms with Crippen molar-refractivity contribution in [1.29, 1.82) is 5.41 Å². The Hall–Kier alpha value is -4.03. The molecule has 0 saturated heterocycles. The van der Waals surface area contributed by atoms with Crippen molar-refractivity contribution in [3.8, 4) is 34.0 Å². The van der Waals surface area contributed by atoms with Gasteiger partial charge in [-0.25, -0.2) is 0 Å². The quantitative estimate of drug-likeness (QED) is 0.279. The summed E-state index contributed by atoms with van der Waals surface area (Å²) in [5, 5.41) is 10.3. The Morgan fingerprint density at radius 1 is 0.875 bits per heavy atom. The molecule has 7 heteroatoms. The number of nitrogens with one attached hydrogen (secondary N) is 2. The van der Waals surface area contributed by atoms with Gasteiger partial charge in [-0.3, -0.25) is 15.5 Å². The summed E-state index contributed by atoms with van der Waals surface area (Å²) in [5.41, 5.74) is 8.65. The summed E-state index contributed by atoms with van der Waals surface area (Å²) in [5.74, 6) is 0.668. The van der Waals surface area contributed by atoms with Crippen molar-refractivity contribution in [1.82, 2.24) is 9.88 Å². The lowest BCUT2D eigenvalue weighted by atomic mass is 10.1. The summed E-state index contributed by atoms with van der Waals surface area (Å²) in [6.45, 7) is -0.0231. The molecule has 1 amide bonds. The van der Waals surface area contributed by atoms with Crippen LogP contribution in [-0.2, 0) is 11.3 Å². The van der Waals surface area contributed by atoms with Gasteiger partial charge in [0.2, 0.25) is 5.91 Å². The molecule has 0 radical (unpaired) electrons. The molecular weight excluding hydrogens is 424 g/mol. The van der Waals surface area contributed by atoms with Gasteiger partial charge >= 0.3 is 0 Å². The Balaban J connectivity index is 1.69. The second-order valence-corrected chi connectivity index (χ2v) is 7.48. The van der Waals surface area contributed by atoms with Crippen LogP contribution in [0.4, 0.5) is 0 Å². The summed E-state index contributed by atoms with van der Waals surface area (Å²) in [4.78, 5) is 12.4. The first-order valence-corrected chi connectivity index (χ1v) is 10.3. The lowest BCUT2D eigenvalue weighted by Gasteiger charge is -2.15. The highest BCUT2D eigenvalue weighted by atomic mass is 35.5. The summed E-state index contributed by atoms with van der Waals surface area (Å²) in [6, 6.07) is 28.5. The number of ether oxygens (including phenoxy) is 1. The van der Waals surface area contributed by atoms with Gasteiger partial charge in [0.05, 0.1) is 5.69 Å². The van der Waals surface area contributed by atoms with Crippen LogP contribution in [0, 0.1) is 5.41 Å². The number of amides is 1. The van der Waals surface area contributed by atoms with E-state index in [1.807, 2.05) is 89.5 Å². The van der Waals surface area contributed by atoms with E-state index >= 15 is 0 Å². The van der Waals surface area contributed by atoms with Crippen molar-refractivity contribution in [2.75, 3.05) is 0 Å². The minimum absolute atomic E-state index is 0.0231. The molecule has 3 aromatic carbocycles. The second-order valence-electron chi connectivity index (χ2n) is 7.07. The third-order valence-electron chi connectivity index (χ3n) is 4.84. The molecule has 0 unspecified atom stereocenters. The van der Waals surface area contributed by atoms with Crippen LogP contribution in [0.15, 0.2) is 91.0 Å². The molecule has 1 aromatic heterocycles. The van der Waals surface area contributed by atoms with Gasteiger partial charge in [0.25, 0.3) is 0 Å². The number of carbonyl (C=O) groups excluding carboxylic acids is 1. The predicted octanol–water partition coefficient (Wildman–Crippen LogP) is 5.28. The smallest absolute Gasteiger partial charge is 0.246 e. The number of halogens is 1. The maximum absolute atomic E-state index is 12.4. The predicted molar refractivity (Wildman–Crippen MR) is 127 cm³/mol. The number of nitrogens with zero attached hydrogens (tertiary/aromatic N) is 1. The molecule has 0 fully saturated rings. The van der Waals surface area contributed by atoms with Gasteiger partial charge in [-0.1, -0.05) is 48.0 Å². The first-order chi connectivity index (χ1) is 15.5. The Kier molecular flexibility index (Phi) is 6.24. The molecule has 6 nitrogen and oxygen atoms in total. The minimum atomic E-state index is -0.398. The summed E-state index contributed by atoms with van der Waals surface area (Å²) < 4.78 is 7.73. The molecule has 32 heavy (non-hydrogen) atoms. The van der Waals surface area contributed by atoms with Crippen molar-refractivity contribution >= 4 is 23.5 Å². The number of rotatable bonds is 6. The molecule has 0 aliphatic heterocycles. The zero-order valence-corrected chi connectivity index (χ0v) is 17.8. The van der Waals surface area contributed by atoms with Crippen LogP contribution >= 0.6 is 11.6 Å². The fourth-order valence-corrected chi connectivity index (χ4v) is 3.68. The Morgan fingerprint density at radius 3 is 2.19 bits per heavy atom. The lowest BCUT2D eigenvalue weighted by molar-refractivity contribution is -0.120. The van der Waals surface area contributed by atoms with E-state index in [-0.39, 0.29) is 6.54 Å². The molecule has 0 spiro atoms. The molecule has 1 heterocycles. The van der Waals surface area contributed by atoms with Crippen LogP contribution < -0.4 is 15.8 Å². The van der Waals surface area contributed by atoms with Crippen LogP contribution in [0.2, 0.25) is 5.02 Å². The number of carbonyl (C=O) groups is 1. The highest BCUT2D eigenvalue weighted by Crippen LogP contribution is 2.34. The first-order valence-electron chi connectivity index (χ1n) is 9.93. The van der Waals surface area contributed by atoms with Gasteiger partial charge in [0.1, 0.15) is 18.0 Å². The number of guanidine groups is 1. The third-order valence-corrected chi connectivity index (χ3v) is 5.16. The average molecular weight is 445 g/mol. The van der Waals surface area contributed by atoms with E-state index < -0.39 is 11.9 Å². The summed E-state index contributed by atoms with van der Waals surface area (Å²) in [6.07, 6.45) is 0. The number of benzene rings is 3. The number of aromatic nitrogens is 1. The summed E-state index contributed by atoms with van der Waals surface area (Å²) >= 11 is 6.42. The molecule has 0 aliphatic rings. The third kappa shape index (κ3) is 4.82. The Morgan fingerprint density at radius 2 is 1.50 bits per heavy atom. The molecular formula is C25H21ClN4O2. The molecule has 4 N–H and O–H groups in total. The van der Waals surface area contributed by atoms with Gasteiger partial charge in [-0.2, -0.15) is 0 Å². The minimum Gasteiger partial charge on any atom is -0.457 e. The van der Waals surface area contributed by atoms with Crippen molar-refractivity contribution < 1.29 is 9.53 Å². The monoisotopic (exact) mass is 444 g/mol. The van der Waals surface area contributed by atoms with Crippen molar-refractivity contribution in [3.63, 3.8) is 0 Å². The SMILES string of the molecule is N=C(N)NC(=O)Cn1c(-c2ccc(Oc3ccccc3)cc2)ccc1-c1ccccc1Cl. The molecule has 4 aromatic rings. The normalized spacial score (nSPS) is 10.5.